The first-order valence-electron chi connectivity index (χ1n) is 25.2. The number of aliphatic hydroxyl groups excluding tert-OH is 4. The first-order valence-corrected chi connectivity index (χ1v) is 25.2. The SMILES string of the molecule is C/C(CO)=C1\CCc2ccc(cc2)[C@@H]2CC[C@@H](c3cccc(Cc4ccccc4)c3)C[C@H]2CC(=O)O[C@@H]2c3c(ccc4c(CO)c([C@H](CCO)COCO)c(=O)oc34)O[C@@](C)(C3CCCC3)[C@H]2OC1=O. The second kappa shape index (κ2) is 21.8. The van der Waals surface area contributed by atoms with E-state index in [1.54, 1.807) is 19.1 Å². The van der Waals surface area contributed by atoms with E-state index < -0.39 is 54.7 Å². The molecule has 0 radical (unpaired) electrons. The van der Waals surface area contributed by atoms with Crippen LogP contribution in [0.15, 0.2) is 111 Å². The molecule has 4 aromatic carbocycles. The Morgan fingerprint density at radius 1 is 0.829 bits per heavy atom. The molecule has 12 nitrogen and oxygen atoms in total. The molecule has 5 aliphatic rings. The van der Waals surface area contributed by atoms with Crippen molar-refractivity contribution in [3.63, 3.8) is 0 Å². The zero-order valence-corrected chi connectivity index (χ0v) is 40.3. The minimum absolute atomic E-state index is 0.00989. The smallest absolute Gasteiger partial charge is 0.340 e. The highest BCUT2D eigenvalue weighted by atomic mass is 16.6. The molecule has 370 valence electrons. The van der Waals surface area contributed by atoms with Crippen molar-refractivity contribution >= 4 is 22.9 Å². The minimum atomic E-state index is -1.32. The standard InChI is InChI=1S/C58H66O12/c1-35(31-60)45-21-17-36-15-18-39(19-16-36)46-22-20-41(40-12-8-11-38(28-40)27-37-9-4-3-5-10-37)29-43(46)30-50(63)67-54-52-49(70-58(2,44-13-6-7-14-44)55(54)69-56(45)64)24-23-47-48(32-61)51(57(65)68-53(47)52)42(25-26-59)33-66-34-62/h3-5,8-12,15-16,18-19,23-24,28,41-44,46,54-55,59-62H,6-7,13-14,17,20-22,25-27,29-34H2,1-2H3/b45-35-/t41-,42-,43+,46+,54-,55+,58+/m1/s1. The van der Waals surface area contributed by atoms with Crippen LogP contribution in [-0.4, -0.2) is 70.7 Å². The lowest BCUT2D eigenvalue weighted by Gasteiger charge is -2.48. The molecule has 12 heteroatoms. The summed E-state index contributed by atoms with van der Waals surface area (Å²) in [7, 11) is 0. The lowest BCUT2D eigenvalue weighted by Crippen LogP contribution is -2.58. The van der Waals surface area contributed by atoms with Gasteiger partial charge in [0.05, 0.1) is 25.4 Å². The number of aryl methyl sites for hydroxylation is 1. The van der Waals surface area contributed by atoms with Crippen LogP contribution in [0.3, 0.4) is 0 Å². The molecule has 1 aromatic heterocycles. The second-order valence-electron chi connectivity index (χ2n) is 20.2. The van der Waals surface area contributed by atoms with Gasteiger partial charge in [-0.25, -0.2) is 9.59 Å². The monoisotopic (exact) mass is 954 g/mol. The average Bonchev–Trinajstić information content (AvgIpc) is 3.93. The van der Waals surface area contributed by atoms with Crippen LogP contribution >= 0.6 is 0 Å². The van der Waals surface area contributed by atoms with Crippen LogP contribution in [0.2, 0.25) is 0 Å². The van der Waals surface area contributed by atoms with E-state index in [0.717, 1.165) is 62.5 Å². The van der Waals surface area contributed by atoms with E-state index in [9.17, 15) is 30.0 Å². The summed E-state index contributed by atoms with van der Waals surface area (Å²) in [5.74, 6) is -1.60. The molecule has 2 fully saturated rings. The quantitative estimate of drug-likeness (QED) is 0.0404. The molecule has 10 rings (SSSR count). The molecule has 2 saturated carbocycles. The van der Waals surface area contributed by atoms with Crippen LogP contribution in [0.5, 0.6) is 5.75 Å². The van der Waals surface area contributed by atoms with Gasteiger partial charge in [-0.05, 0) is 140 Å². The molecule has 7 atom stereocenters. The van der Waals surface area contributed by atoms with Gasteiger partial charge in [-0.15, -0.1) is 0 Å². The number of carbonyl (C=O) groups is 2. The van der Waals surface area contributed by atoms with Gasteiger partial charge < -0.3 is 43.8 Å². The number of esters is 2. The second-order valence-corrected chi connectivity index (χ2v) is 20.2. The van der Waals surface area contributed by atoms with E-state index in [1.165, 1.54) is 16.7 Å². The molecule has 5 aromatic rings. The van der Waals surface area contributed by atoms with Gasteiger partial charge in [0.1, 0.15) is 23.7 Å². The van der Waals surface area contributed by atoms with Crippen molar-refractivity contribution < 1.29 is 53.4 Å². The van der Waals surface area contributed by atoms with Crippen molar-refractivity contribution in [2.75, 3.05) is 26.6 Å². The molecule has 3 aliphatic heterocycles. The largest absolute Gasteiger partial charge is 0.483 e. The molecule has 0 amide bonds. The third kappa shape index (κ3) is 10.1. The van der Waals surface area contributed by atoms with E-state index in [2.05, 4.69) is 72.8 Å². The summed E-state index contributed by atoms with van der Waals surface area (Å²) in [6, 6.07) is 31.1. The third-order valence-corrected chi connectivity index (χ3v) is 15.9. The fourth-order valence-corrected chi connectivity index (χ4v) is 12.2. The van der Waals surface area contributed by atoms with Gasteiger partial charge in [0.2, 0.25) is 0 Å². The van der Waals surface area contributed by atoms with Gasteiger partial charge in [0.15, 0.2) is 12.2 Å². The Kier molecular flexibility index (Phi) is 15.4. The Bertz CT molecular complexity index is 2740. The number of hydrogen-bond acceptors (Lipinski definition) is 12. The van der Waals surface area contributed by atoms with Crippen molar-refractivity contribution in [1.29, 1.82) is 0 Å². The van der Waals surface area contributed by atoms with Crippen molar-refractivity contribution in [1.82, 2.24) is 0 Å². The zero-order valence-electron chi connectivity index (χ0n) is 40.3. The van der Waals surface area contributed by atoms with Gasteiger partial charge >= 0.3 is 17.6 Å². The lowest BCUT2D eigenvalue weighted by molar-refractivity contribution is -0.199. The molecule has 4 heterocycles. The first-order chi connectivity index (χ1) is 34.0. The summed E-state index contributed by atoms with van der Waals surface area (Å²) in [6.07, 6.45) is 5.15. The van der Waals surface area contributed by atoms with E-state index in [-0.39, 0.29) is 85.0 Å². The summed E-state index contributed by atoms with van der Waals surface area (Å²) in [6.45, 7) is 1.62. The Morgan fingerprint density at radius 3 is 2.33 bits per heavy atom. The first kappa shape index (κ1) is 49.4. The van der Waals surface area contributed by atoms with Crippen molar-refractivity contribution in [3.8, 4) is 5.75 Å². The van der Waals surface area contributed by atoms with Crippen molar-refractivity contribution in [3.05, 3.63) is 157 Å². The van der Waals surface area contributed by atoms with E-state index in [0.29, 0.717) is 28.7 Å². The molecule has 0 saturated heterocycles. The van der Waals surface area contributed by atoms with Gasteiger partial charge in [-0.2, -0.15) is 0 Å². The van der Waals surface area contributed by atoms with Crippen LogP contribution in [0.1, 0.15) is 146 Å². The predicted molar refractivity (Wildman–Crippen MR) is 263 cm³/mol. The van der Waals surface area contributed by atoms with Crippen molar-refractivity contribution in [2.45, 2.75) is 133 Å². The Balaban J connectivity index is 1.17. The number of benzene rings is 4. The maximum Gasteiger partial charge on any atom is 0.340 e. The van der Waals surface area contributed by atoms with Crippen molar-refractivity contribution in [2.24, 2.45) is 11.8 Å². The van der Waals surface area contributed by atoms with Crippen LogP contribution in [0, 0.1) is 11.8 Å². The van der Waals surface area contributed by atoms with Gasteiger partial charge in [-0.1, -0.05) is 91.7 Å². The molecule has 70 heavy (non-hydrogen) atoms. The molecular weight excluding hydrogens is 889 g/mol. The van der Waals surface area contributed by atoms with Gasteiger partial charge in [0.25, 0.3) is 0 Å². The molecule has 4 N–H and O–H groups in total. The summed E-state index contributed by atoms with van der Waals surface area (Å²) in [5, 5.41) is 41.3. The topological polar surface area (TPSA) is 182 Å². The van der Waals surface area contributed by atoms with Gasteiger partial charge in [-0.3, -0.25) is 4.79 Å². The number of rotatable bonds is 12. The molecule has 0 unspecified atom stereocenters. The summed E-state index contributed by atoms with van der Waals surface area (Å²) >= 11 is 0. The summed E-state index contributed by atoms with van der Waals surface area (Å²) in [5.41, 5.74) is 5.16. The summed E-state index contributed by atoms with van der Waals surface area (Å²) in [4.78, 5) is 44.3. The van der Waals surface area contributed by atoms with Crippen LogP contribution in [0.25, 0.3) is 11.0 Å². The molecular formula is C58H66O12. The number of fused-ring (bicyclic) bond motifs is 11. The third-order valence-electron chi connectivity index (χ3n) is 15.9. The highest BCUT2D eigenvalue weighted by Crippen LogP contribution is 2.53. The maximum atomic E-state index is 15.2. The molecule has 2 aliphatic carbocycles. The fourth-order valence-electron chi connectivity index (χ4n) is 12.2. The van der Waals surface area contributed by atoms with Crippen LogP contribution in [-0.2, 0) is 43.2 Å². The zero-order chi connectivity index (χ0) is 48.9. The normalized spacial score (nSPS) is 25.3. The Morgan fingerprint density at radius 2 is 1.60 bits per heavy atom. The summed E-state index contributed by atoms with van der Waals surface area (Å²) < 4.78 is 32.1. The van der Waals surface area contributed by atoms with Crippen LogP contribution in [0.4, 0.5) is 0 Å². The predicted octanol–water partition coefficient (Wildman–Crippen LogP) is 9.16. The number of carbonyl (C=O) groups excluding carboxylic acids is 2. The van der Waals surface area contributed by atoms with E-state index >= 15 is 4.79 Å². The minimum Gasteiger partial charge on any atom is -0.483 e. The van der Waals surface area contributed by atoms with Crippen LogP contribution < -0.4 is 10.4 Å². The Hall–Kier alpha value is -5.63. The average molecular weight is 955 g/mol. The van der Waals surface area contributed by atoms with E-state index in [4.69, 9.17) is 23.4 Å². The lowest BCUT2D eigenvalue weighted by atomic mass is 9.68. The highest BCUT2D eigenvalue weighted by molar-refractivity contribution is 5.90. The highest BCUT2D eigenvalue weighted by Gasteiger charge is 2.57. The Labute approximate surface area is 409 Å². The number of hydrogen-bond donors (Lipinski definition) is 4. The molecule has 2 bridgehead atoms. The van der Waals surface area contributed by atoms with E-state index in [1.807, 2.05) is 13.0 Å². The number of aliphatic hydroxyl groups is 4. The fraction of sp³-hybridized carbons (Fsp3) is 0.466. The molecule has 0 spiro atoms. The number of ether oxygens (including phenoxy) is 4. The maximum absolute atomic E-state index is 15.2. The van der Waals surface area contributed by atoms with Gasteiger partial charge in [0, 0.05) is 41.4 Å².